The first-order valence-electron chi connectivity index (χ1n) is 11.4. The predicted octanol–water partition coefficient (Wildman–Crippen LogP) is 4.05. The minimum Gasteiger partial charge on any atom is -0.489 e. The second-order valence-corrected chi connectivity index (χ2v) is 10.1. The molecule has 176 valence electrons. The number of anilines is 1. The summed E-state index contributed by atoms with van der Waals surface area (Å²) in [5, 5.41) is 5.55. The summed E-state index contributed by atoms with van der Waals surface area (Å²) in [6, 6.07) is 3.91. The fourth-order valence-electron chi connectivity index (χ4n) is 3.68. The summed E-state index contributed by atoms with van der Waals surface area (Å²) in [4.78, 5) is 9.39. The zero-order chi connectivity index (χ0) is 23.3. The number of hydrogen-bond acceptors (Lipinski definition) is 9. The summed E-state index contributed by atoms with van der Waals surface area (Å²) in [5.74, 6) is 7.78. The zero-order valence-electron chi connectivity index (χ0n) is 19.9. The van der Waals surface area contributed by atoms with E-state index in [2.05, 4.69) is 42.4 Å². The smallest absolute Gasteiger partial charge is 0.202 e. The molecular formula is C23H37N7OS. The minimum atomic E-state index is -0.0965. The molecule has 2 heterocycles. The van der Waals surface area contributed by atoms with Crippen molar-refractivity contribution in [3.05, 3.63) is 35.0 Å². The highest BCUT2D eigenvalue weighted by Crippen LogP contribution is 2.27. The number of hydrogen-bond donors (Lipinski definition) is 3. The number of aromatic nitrogens is 3. The number of nitrogens with one attached hydrogen (secondary N) is 1. The maximum atomic E-state index is 6.52. The van der Waals surface area contributed by atoms with Crippen molar-refractivity contribution in [2.45, 2.75) is 77.7 Å². The van der Waals surface area contributed by atoms with Gasteiger partial charge in [-0.3, -0.25) is 0 Å². The highest BCUT2D eigenvalue weighted by atomic mass is 32.1. The van der Waals surface area contributed by atoms with Crippen molar-refractivity contribution >= 4 is 22.4 Å². The quantitative estimate of drug-likeness (QED) is 0.400. The van der Waals surface area contributed by atoms with Crippen LogP contribution in [0.3, 0.4) is 0 Å². The number of likely N-dealkylation sites (N-methyl/N-ethyl adjacent to an activating group) is 1. The van der Waals surface area contributed by atoms with E-state index in [4.69, 9.17) is 21.3 Å². The Labute approximate surface area is 195 Å². The number of aryl methyl sites for hydroxylation is 1. The van der Waals surface area contributed by atoms with Crippen molar-refractivity contribution in [3.8, 4) is 5.75 Å². The molecule has 0 bridgehead atoms. The van der Waals surface area contributed by atoms with Gasteiger partial charge in [-0.25, -0.2) is 15.8 Å². The Bertz CT molecular complexity index is 927. The van der Waals surface area contributed by atoms with Gasteiger partial charge in [-0.05, 0) is 44.2 Å². The van der Waals surface area contributed by atoms with Gasteiger partial charge in [-0.2, -0.15) is 4.37 Å². The first kappa shape index (κ1) is 24.3. The van der Waals surface area contributed by atoms with Gasteiger partial charge in [-0.1, -0.05) is 34.1 Å². The lowest BCUT2D eigenvalue weighted by molar-refractivity contribution is 0.153. The van der Waals surface area contributed by atoms with Gasteiger partial charge < -0.3 is 20.8 Å². The number of nitrogens with zero attached hydrogens (tertiary/aromatic N) is 4. The molecule has 8 nitrogen and oxygen atoms in total. The van der Waals surface area contributed by atoms with E-state index in [0.29, 0.717) is 17.9 Å². The molecule has 0 aromatic carbocycles. The Morgan fingerprint density at radius 3 is 2.53 bits per heavy atom. The third kappa shape index (κ3) is 6.10. The molecule has 0 unspecified atom stereocenters. The average Bonchev–Trinajstić information content (AvgIpc) is 3.24. The van der Waals surface area contributed by atoms with Crippen molar-refractivity contribution in [3.63, 3.8) is 0 Å². The van der Waals surface area contributed by atoms with Gasteiger partial charge in [0.2, 0.25) is 5.13 Å². The van der Waals surface area contributed by atoms with Crippen molar-refractivity contribution in [2.75, 3.05) is 18.9 Å². The number of ether oxygens (including phenoxy) is 1. The highest BCUT2D eigenvalue weighted by molar-refractivity contribution is 7.09. The molecule has 2 aromatic rings. The molecule has 0 spiro atoms. The molecule has 1 aliphatic rings. The Balaban J connectivity index is 1.78. The topological polar surface area (TPSA) is 115 Å². The molecular weight excluding hydrogens is 422 g/mol. The summed E-state index contributed by atoms with van der Waals surface area (Å²) in [6.45, 7) is 8.78. The third-order valence-corrected chi connectivity index (χ3v) is 6.30. The highest BCUT2D eigenvalue weighted by Gasteiger charge is 2.21. The van der Waals surface area contributed by atoms with E-state index in [1.165, 1.54) is 35.8 Å². The van der Waals surface area contributed by atoms with Gasteiger partial charge in [0, 0.05) is 24.0 Å². The number of pyridine rings is 1. The number of nitrogens with two attached hydrogens (primary N) is 2. The molecule has 0 radical (unpaired) electrons. The molecule has 1 aliphatic carbocycles. The van der Waals surface area contributed by atoms with Crippen LogP contribution in [0.15, 0.2) is 17.8 Å². The Hall–Kier alpha value is -2.39. The van der Waals surface area contributed by atoms with E-state index in [9.17, 15) is 0 Å². The normalized spacial score (nSPS) is 15.9. The van der Waals surface area contributed by atoms with Gasteiger partial charge in [0.05, 0.1) is 35.4 Å². The van der Waals surface area contributed by atoms with Crippen molar-refractivity contribution in [1.82, 2.24) is 19.4 Å². The Morgan fingerprint density at radius 2 is 1.94 bits per heavy atom. The summed E-state index contributed by atoms with van der Waals surface area (Å²) in [6.07, 6.45) is 7.06. The van der Waals surface area contributed by atoms with Crippen LogP contribution in [0.4, 0.5) is 5.13 Å². The molecule has 9 heteroatoms. The van der Waals surface area contributed by atoms with Crippen molar-refractivity contribution < 1.29 is 4.74 Å². The van der Waals surface area contributed by atoms with Gasteiger partial charge >= 0.3 is 0 Å². The molecule has 2 aromatic heterocycles. The average molecular weight is 460 g/mol. The zero-order valence-corrected chi connectivity index (χ0v) is 20.8. The summed E-state index contributed by atoms with van der Waals surface area (Å²) >= 11 is 1.33. The van der Waals surface area contributed by atoms with E-state index in [-0.39, 0.29) is 11.5 Å². The molecule has 1 fully saturated rings. The Morgan fingerprint density at radius 1 is 1.22 bits per heavy atom. The molecule has 32 heavy (non-hydrogen) atoms. The maximum absolute atomic E-state index is 6.52. The molecule has 3 rings (SSSR count). The lowest BCUT2D eigenvalue weighted by Crippen LogP contribution is -2.32. The second kappa shape index (κ2) is 10.5. The van der Waals surface area contributed by atoms with E-state index in [1.807, 2.05) is 12.1 Å². The van der Waals surface area contributed by atoms with Crippen LogP contribution in [0.2, 0.25) is 0 Å². The van der Waals surface area contributed by atoms with Crippen LogP contribution in [-0.4, -0.2) is 39.0 Å². The van der Waals surface area contributed by atoms with Crippen LogP contribution in [0.1, 0.15) is 77.0 Å². The lowest BCUT2D eigenvalue weighted by Gasteiger charge is -2.24. The van der Waals surface area contributed by atoms with Crippen LogP contribution in [-0.2, 0) is 11.8 Å². The second-order valence-electron chi connectivity index (χ2n) is 9.37. The van der Waals surface area contributed by atoms with E-state index in [0.717, 1.165) is 47.4 Å². The SMILES string of the molecule is CCc1nc(/C(N)=C(\CNc2nc(C(C)(C)C)ns2)N(C)N)ccc1OC1CCCCC1. The molecule has 0 amide bonds. The Kier molecular flexibility index (Phi) is 7.95. The van der Waals surface area contributed by atoms with Gasteiger partial charge in [-0.15, -0.1) is 0 Å². The van der Waals surface area contributed by atoms with Crippen LogP contribution in [0, 0.1) is 0 Å². The van der Waals surface area contributed by atoms with E-state index in [1.54, 1.807) is 7.05 Å². The molecule has 5 N–H and O–H groups in total. The van der Waals surface area contributed by atoms with Crippen LogP contribution >= 0.6 is 11.5 Å². The molecule has 0 atom stereocenters. The summed E-state index contributed by atoms with van der Waals surface area (Å²) in [7, 11) is 1.77. The molecule has 0 saturated heterocycles. The number of rotatable bonds is 8. The standard InChI is InChI=1S/C23H37N7OS/c1-6-16-19(31-15-10-8-7-9-11-15)13-12-17(27-16)20(24)18(30(5)25)14-26-22-28-21(29-32-22)23(2,3)4/h12-13,15H,6-11,14,24-25H2,1-5H3,(H,26,28,29)/b20-18-. The van der Waals surface area contributed by atoms with Crippen LogP contribution in [0.5, 0.6) is 5.75 Å². The monoisotopic (exact) mass is 459 g/mol. The van der Waals surface area contributed by atoms with Crippen molar-refractivity contribution in [2.24, 2.45) is 11.6 Å². The lowest BCUT2D eigenvalue weighted by atomic mass is 9.96. The van der Waals surface area contributed by atoms with Gasteiger partial charge in [0.15, 0.2) is 0 Å². The number of hydrazine groups is 1. The third-order valence-electron chi connectivity index (χ3n) is 5.63. The van der Waals surface area contributed by atoms with E-state index < -0.39 is 0 Å². The molecule has 0 aliphatic heterocycles. The van der Waals surface area contributed by atoms with Gasteiger partial charge in [0.1, 0.15) is 11.6 Å². The van der Waals surface area contributed by atoms with Crippen LogP contribution in [0.25, 0.3) is 5.70 Å². The summed E-state index contributed by atoms with van der Waals surface area (Å²) in [5.41, 5.74) is 9.29. The molecule has 1 saturated carbocycles. The fourth-order valence-corrected chi connectivity index (χ4v) is 4.43. The summed E-state index contributed by atoms with van der Waals surface area (Å²) < 4.78 is 10.7. The van der Waals surface area contributed by atoms with Crippen LogP contribution < -0.4 is 21.6 Å². The first-order chi connectivity index (χ1) is 15.2. The minimum absolute atomic E-state index is 0.0965. The van der Waals surface area contributed by atoms with Crippen molar-refractivity contribution in [1.29, 1.82) is 0 Å². The predicted molar refractivity (Wildman–Crippen MR) is 131 cm³/mol. The van der Waals surface area contributed by atoms with E-state index >= 15 is 0 Å². The van der Waals surface area contributed by atoms with Gasteiger partial charge in [0.25, 0.3) is 0 Å². The maximum Gasteiger partial charge on any atom is 0.202 e. The first-order valence-corrected chi connectivity index (χ1v) is 12.2. The largest absolute Gasteiger partial charge is 0.489 e. The fraction of sp³-hybridized carbons (Fsp3) is 0.609.